The number of anilines is 2. The van der Waals surface area contributed by atoms with Crippen LogP contribution in [0, 0.1) is 11.7 Å². The van der Waals surface area contributed by atoms with E-state index in [9.17, 15) is 9.18 Å². The zero-order chi connectivity index (χ0) is 15.3. The Kier molecular flexibility index (Phi) is 5.80. The number of hydrogen-bond acceptors (Lipinski definition) is 4. The minimum absolute atomic E-state index is 0.0861. The van der Waals surface area contributed by atoms with Gasteiger partial charge in [-0.25, -0.2) is 9.18 Å². The number of hydrogen-bond donors (Lipinski definition) is 2. The fourth-order valence-electron chi connectivity index (χ4n) is 2.12. The predicted octanol–water partition coefficient (Wildman–Crippen LogP) is 3.43. The summed E-state index contributed by atoms with van der Waals surface area (Å²) >= 11 is 0. The molecule has 4 nitrogen and oxygen atoms in total. The Morgan fingerprint density at radius 2 is 2.05 bits per heavy atom. The van der Waals surface area contributed by atoms with Crippen LogP contribution in [-0.4, -0.2) is 18.6 Å². The summed E-state index contributed by atoms with van der Waals surface area (Å²) in [4.78, 5) is 11.7. The molecule has 0 spiro atoms. The molecular formula is C15H23FN2O2. The van der Waals surface area contributed by atoms with E-state index in [-0.39, 0.29) is 29.6 Å². The summed E-state index contributed by atoms with van der Waals surface area (Å²) in [6, 6.07) is 2.67. The van der Waals surface area contributed by atoms with E-state index in [1.54, 1.807) is 6.92 Å². The van der Waals surface area contributed by atoms with Gasteiger partial charge < -0.3 is 15.8 Å². The SMILES string of the molecule is CCOC(=O)c1cc(NC(C)CC(C)C)c(F)cc1N. The molecule has 112 valence electrons. The van der Waals surface area contributed by atoms with Crippen LogP contribution in [0.4, 0.5) is 15.8 Å². The number of nitrogens with two attached hydrogens (primary N) is 1. The number of nitrogen functional groups attached to an aromatic ring is 1. The summed E-state index contributed by atoms with van der Waals surface area (Å²) in [6.45, 7) is 8.13. The fourth-order valence-corrected chi connectivity index (χ4v) is 2.12. The maximum absolute atomic E-state index is 13.9. The fraction of sp³-hybridized carbons (Fsp3) is 0.533. The lowest BCUT2D eigenvalue weighted by Gasteiger charge is -2.18. The third kappa shape index (κ3) is 4.40. The van der Waals surface area contributed by atoms with Crippen molar-refractivity contribution in [1.82, 2.24) is 0 Å². The molecule has 1 aromatic carbocycles. The maximum Gasteiger partial charge on any atom is 0.340 e. The highest BCUT2D eigenvalue weighted by Gasteiger charge is 2.16. The largest absolute Gasteiger partial charge is 0.462 e. The minimum atomic E-state index is -0.537. The average Bonchev–Trinajstić information content (AvgIpc) is 2.31. The third-order valence-corrected chi connectivity index (χ3v) is 2.86. The van der Waals surface area contributed by atoms with E-state index in [0.29, 0.717) is 5.92 Å². The molecule has 20 heavy (non-hydrogen) atoms. The summed E-state index contributed by atoms with van der Waals surface area (Å²) in [6.07, 6.45) is 0.901. The molecule has 0 aliphatic carbocycles. The smallest absolute Gasteiger partial charge is 0.340 e. The first-order valence-electron chi connectivity index (χ1n) is 6.87. The van der Waals surface area contributed by atoms with E-state index in [1.165, 1.54) is 6.07 Å². The lowest BCUT2D eigenvalue weighted by molar-refractivity contribution is 0.0527. The summed E-state index contributed by atoms with van der Waals surface area (Å²) < 4.78 is 18.8. The van der Waals surface area contributed by atoms with Crippen LogP contribution < -0.4 is 11.1 Å². The second-order valence-electron chi connectivity index (χ2n) is 5.31. The molecule has 0 saturated heterocycles. The maximum atomic E-state index is 13.9. The summed E-state index contributed by atoms with van der Waals surface area (Å²) in [5.41, 5.74) is 6.21. The Bertz CT molecular complexity index is 475. The summed E-state index contributed by atoms with van der Waals surface area (Å²) in [5.74, 6) is -0.505. The lowest BCUT2D eigenvalue weighted by atomic mass is 10.0. The molecule has 1 aromatic rings. The van der Waals surface area contributed by atoms with E-state index in [1.807, 2.05) is 6.92 Å². The highest BCUT2D eigenvalue weighted by Crippen LogP contribution is 2.24. The molecule has 0 radical (unpaired) electrons. The molecular weight excluding hydrogens is 259 g/mol. The van der Waals surface area contributed by atoms with Gasteiger partial charge in [0.25, 0.3) is 0 Å². The monoisotopic (exact) mass is 282 g/mol. The normalized spacial score (nSPS) is 12.3. The van der Waals surface area contributed by atoms with Gasteiger partial charge >= 0.3 is 5.97 Å². The van der Waals surface area contributed by atoms with Crippen molar-refractivity contribution in [2.24, 2.45) is 5.92 Å². The molecule has 0 amide bonds. The van der Waals surface area contributed by atoms with E-state index in [2.05, 4.69) is 19.2 Å². The Hall–Kier alpha value is -1.78. The number of nitrogens with one attached hydrogen (secondary N) is 1. The number of esters is 1. The van der Waals surface area contributed by atoms with Gasteiger partial charge in [-0.1, -0.05) is 13.8 Å². The van der Waals surface area contributed by atoms with Gasteiger partial charge in [0.05, 0.1) is 17.9 Å². The number of halogens is 1. The minimum Gasteiger partial charge on any atom is -0.462 e. The molecule has 0 saturated carbocycles. The second-order valence-corrected chi connectivity index (χ2v) is 5.31. The van der Waals surface area contributed by atoms with Crippen molar-refractivity contribution in [3.05, 3.63) is 23.5 Å². The average molecular weight is 282 g/mol. The van der Waals surface area contributed by atoms with Gasteiger partial charge in [0.2, 0.25) is 0 Å². The van der Waals surface area contributed by atoms with Crippen molar-refractivity contribution in [2.75, 3.05) is 17.7 Å². The standard InChI is InChI=1S/C15H23FN2O2/c1-5-20-15(19)11-7-14(12(16)8-13(11)17)18-10(4)6-9(2)3/h7-10,18H,5-6,17H2,1-4H3. The number of rotatable bonds is 6. The highest BCUT2D eigenvalue weighted by atomic mass is 19.1. The topological polar surface area (TPSA) is 64.3 Å². The van der Waals surface area contributed by atoms with Crippen molar-refractivity contribution in [1.29, 1.82) is 0 Å². The molecule has 5 heteroatoms. The molecule has 1 unspecified atom stereocenters. The molecule has 0 fully saturated rings. The van der Waals surface area contributed by atoms with E-state index in [4.69, 9.17) is 10.5 Å². The van der Waals surface area contributed by atoms with E-state index in [0.717, 1.165) is 12.5 Å². The highest BCUT2D eigenvalue weighted by molar-refractivity contribution is 5.96. The first-order chi connectivity index (χ1) is 9.35. The van der Waals surface area contributed by atoms with Crippen molar-refractivity contribution in [3.8, 4) is 0 Å². The molecule has 0 aromatic heterocycles. The Morgan fingerprint density at radius 1 is 1.40 bits per heavy atom. The van der Waals surface area contributed by atoms with Gasteiger partial charge in [-0.3, -0.25) is 0 Å². The first-order valence-corrected chi connectivity index (χ1v) is 6.87. The van der Waals surface area contributed by atoms with Crippen LogP contribution in [0.5, 0.6) is 0 Å². The Morgan fingerprint density at radius 3 is 2.60 bits per heavy atom. The van der Waals surface area contributed by atoms with Crippen LogP contribution in [0.1, 0.15) is 44.5 Å². The van der Waals surface area contributed by atoms with E-state index >= 15 is 0 Å². The van der Waals surface area contributed by atoms with E-state index < -0.39 is 11.8 Å². The molecule has 1 rings (SSSR count). The van der Waals surface area contributed by atoms with Crippen LogP contribution in [0.3, 0.4) is 0 Å². The van der Waals surface area contributed by atoms with Crippen molar-refractivity contribution >= 4 is 17.3 Å². The zero-order valence-corrected chi connectivity index (χ0v) is 12.5. The molecule has 0 bridgehead atoms. The van der Waals surface area contributed by atoms with Crippen LogP contribution in [0.15, 0.2) is 12.1 Å². The lowest BCUT2D eigenvalue weighted by Crippen LogP contribution is -2.19. The second kappa shape index (κ2) is 7.12. The van der Waals surface area contributed by atoms with Crippen LogP contribution in [0.25, 0.3) is 0 Å². The van der Waals surface area contributed by atoms with Gasteiger partial charge in [0.1, 0.15) is 5.82 Å². The number of ether oxygens (including phenoxy) is 1. The molecule has 3 N–H and O–H groups in total. The van der Waals surface area contributed by atoms with Gasteiger partial charge in [-0.15, -0.1) is 0 Å². The third-order valence-electron chi connectivity index (χ3n) is 2.86. The molecule has 1 atom stereocenters. The van der Waals surface area contributed by atoms with Crippen LogP contribution in [-0.2, 0) is 4.74 Å². The number of carbonyl (C=O) groups excluding carboxylic acids is 1. The molecule has 0 aliphatic rings. The molecule has 0 heterocycles. The zero-order valence-electron chi connectivity index (χ0n) is 12.5. The van der Waals surface area contributed by atoms with Crippen LogP contribution >= 0.6 is 0 Å². The predicted molar refractivity (Wildman–Crippen MR) is 79.3 cm³/mol. The first kappa shape index (κ1) is 16.3. The summed E-state index contributed by atoms with van der Waals surface area (Å²) in [7, 11) is 0. The number of benzene rings is 1. The van der Waals surface area contributed by atoms with Gasteiger partial charge in [0.15, 0.2) is 0 Å². The molecule has 0 aliphatic heterocycles. The van der Waals surface area contributed by atoms with Crippen molar-refractivity contribution < 1.29 is 13.9 Å². The van der Waals surface area contributed by atoms with Crippen LogP contribution in [0.2, 0.25) is 0 Å². The summed E-state index contributed by atoms with van der Waals surface area (Å²) in [5, 5.41) is 3.07. The van der Waals surface area contributed by atoms with Gasteiger partial charge in [0, 0.05) is 11.7 Å². The quantitative estimate of drug-likeness (QED) is 0.619. The Balaban J connectivity index is 2.96. The number of carbonyl (C=O) groups is 1. The Labute approximate surface area is 119 Å². The van der Waals surface area contributed by atoms with Gasteiger partial charge in [-0.2, -0.15) is 0 Å². The van der Waals surface area contributed by atoms with Crippen molar-refractivity contribution in [2.45, 2.75) is 40.2 Å². The van der Waals surface area contributed by atoms with Crippen molar-refractivity contribution in [3.63, 3.8) is 0 Å². The van der Waals surface area contributed by atoms with Gasteiger partial charge in [-0.05, 0) is 38.3 Å².